The molecule has 0 saturated carbocycles. The first-order valence-electron chi connectivity index (χ1n) is 5.52. The number of carbonyl (C=O) groups is 1. The Balaban J connectivity index is 2.09. The van der Waals surface area contributed by atoms with Crippen LogP contribution in [0.4, 0.5) is 5.82 Å². The molecule has 0 spiro atoms. The third-order valence-corrected chi connectivity index (χ3v) is 3.23. The van der Waals surface area contributed by atoms with Crippen LogP contribution in [0, 0.1) is 13.8 Å². The van der Waals surface area contributed by atoms with Crippen molar-refractivity contribution in [3.8, 4) is 0 Å². The number of anilines is 1. The van der Waals surface area contributed by atoms with Crippen LogP contribution in [0.3, 0.4) is 0 Å². The molecule has 2 N–H and O–H groups in total. The molecule has 0 saturated heterocycles. The van der Waals surface area contributed by atoms with Crippen LogP contribution in [0.2, 0.25) is 0 Å². The maximum absolute atomic E-state index is 11.9. The average molecular weight is 265 g/mol. The topological polar surface area (TPSA) is 70.9 Å². The second-order valence-corrected chi connectivity index (χ2v) is 4.84. The normalized spacial score (nSPS) is 10.6. The van der Waals surface area contributed by atoms with Crippen LogP contribution in [0.15, 0.2) is 16.5 Å². The number of nitrogens with one attached hydrogen (secondary N) is 2. The molecular weight excluding hydrogens is 250 g/mol. The Bertz CT molecular complexity index is 559. The van der Waals surface area contributed by atoms with Gasteiger partial charge in [0.15, 0.2) is 11.6 Å². The number of nitrogens with zero attached hydrogens (tertiary/aromatic N) is 1. The summed E-state index contributed by atoms with van der Waals surface area (Å²) < 4.78 is 5.43. The first kappa shape index (κ1) is 12.8. The van der Waals surface area contributed by atoms with Crippen LogP contribution in [-0.4, -0.2) is 22.4 Å². The van der Waals surface area contributed by atoms with Gasteiger partial charge in [-0.25, -0.2) is 0 Å². The van der Waals surface area contributed by atoms with Crippen molar-refractivity contribution in [3.05, 3.63) is 34.9 Å². The Morgan fingerprint density at radius 3 is 2.89 bits per heavy atom. The number of carbonyl (C=O) groups excluding carboxylic acids is 1. The maximum Gasteiger partial charge on any atom is 0.292 e. The van der Waals surface area contributed by atoms with Gasteiger partial charge < -0.3 is 9.73 Å². The lowest BCUT2D eigenvalue weighted by atomic mass is 10.3. The maximum atomic E-state index is 11.9. The van der Waals surface area contributed by atoms with Crippen molar-refractivity contribution in [2.75, 3.05) is 11.6 Å². The molecule has 2 aromatic rings. The van der Waals surface area contributed by atoms with Gasteiger partial charge in [0.1, 0.15) is 5.76 Å². The lowest BCUT2D eigenvalue weighted by molar-refractivity contribution is 0.0995. The van der Waals surface area contributed by atoms with E-state index < -0.39 is 0 Å². The molecule has 96 valence electrons. The second kappa shape index (κ2) is 5.30. The summed E-state index contributed by atoms with van der Waals surface area (Å²) in [4.78, 5) is 11.9. The molecule has 0 aliphatic carbocycles. The lowest BCUT2D eigenvalue weighted by Crippen LogP contribution is -2.12. The minimum Gasteiger partial charge on any atom is -0.455 e. The monoisotopic (exact) mass is 265 g/mol. The highest BCUT2D eigenvalue weighted by molar-refractivity contribution is 7.97. The molecule has 0 radical (unpaired) electrons. The summed E-state index contributed by atoms with van der Waals surface area (Å²) in [6.07, 6.45) is 1.98. The highest BCUT2D eigenvalue weighted by Crippen LogP contribution is 2.17. The molecule has 2 heterocycles. The molecule has 0 bridgehead atoms. The summed E-state index contributed by atoms with van der Waals surface area (Å²) in [5, 5.41) is 9.56. The SMILES string of the molecule is CSCc1ccc(C(=O)Nc2n[nH]c(C)c2C)o1. The van der Waals surface area contributed by atoms with E-state index in [1.54, 1.807) is 17.8 Å². The standard InChI is InChI=1S/C12H15N3O2S/c1-7-8(2)14-15-11(7)13-12(16)10-5-4-9(17-10)6-18-3/h4-5H,6H2,1-3H3,(H2,13,14,15,16). The Hall–Kier alpha value is -1.69. The van der Waals surface area contributed by atoms with Gasteiger partial charge >= 0.3 is 0 Å². The number of H-pyrrole nitrogens is 1. The first-order chi connectivity index (χ1) is 8.61. The predicted molar refractivity (Wildman–Crippen MR) is 71.9 cm³/mol. The molecule has 6 heteroatoms. The van der Waals surface area contributed by atoms with Gasteiger partial charge in [-0.3, -0.25) is 9.89 Å². The molecule has 0 aliphatic rings. The number of hydrogen-bond donors (Lipinski definition) is 2. The number of rotatable bonds is 4. The van der Waals surface area contributed by atoms with Crippen LogP contribution in [-0.2, 0) is 5.75 Å². The van der Waals surface area contributed by atoms with E-state index in [0.717, 1.165) is 22.8 Å². The molecule has 0 aromatic carbocycles. The van der Waals surface area contributed by atoms with Crippen molar-refractivity contribution in [3.63, 3.8) is 0 Å². The fourth-order valence-electron chi connectivity index (χ4n) is 1.50. The van der Waals surface area contributed by atoms with Crippen molar-refractivity contribution in [1.29, 1.82) is 0 Å². The number of hydrogen-bond acceptors (Lipinski definition) is 4. The molecule has 2 rings (SSSR count). The van der Waals surface area contributed by atoms with Crippen molar-refractivity contribution in [1.82, 2.24) is 10.2 Å². The van der Waals surface area contributed by atoms with Crippen molar-refractivity contribution in [2.24, 2.45) is 0 Å². The van der Waals surface area contributed by atoms with Crippen LogP contribution < -0.4 is 5.32 Å². The number of aromatic nitrogens is 2. The van der Waals surface area contributed by atoms with E-state index in [1.807, 2.05) is 26.2 Å². The van der Waals surface area contributed by atoms with Gasteiger partial charge in [0, 0.05) is 11.3 Å². The van der Waals surface area contributed by atoms with Gasteiger partial charge in [-0.15, -0.1) is 0 Å². The van der Waals surface area contributed by atoms with E-state index in [4.69, 9.17) is 4.42 Å². The predicted octanol–water partition coefficient (Wildman–Crippen LogP) is 2.73. The Kier molecular flexibility index (Phi) is 3.76. The Morgan fingerprint density at radius 1 is 1.50 bits per heavy atom. The summed E-state index contributed by atoms with van der Waals surface area (Å²) in [5.74, 6) is 2.12. The molecule has 18 heavy (non-hydrogen) atoms. The van der Waals surface area contributed by atoms with E-state index >= 15 is 0 Å². The zero-order chi connectivity index (χ0) is 13.1. The van der Waals surface area contributed by atoms with Crippen LogP contribution in [0.5, 0.6) is 0 Å². The summed E-state index contributed by atoms with van der Waals surface area (Å²) in [5.41, 5.74) is 1.87. The third kappa shape index (κ3) is 2.59. The fourth-order valence-corrected chi connectivity index (χ4v) is 1.94. The molecule has 0 atom stereocenters. The van der Waals surface area contributed by atoms with Gasteiger partial charge in [-0.2, -0.15) is 16.9 Å². The van der Waals surface area contributed by atoms with Gasteiger partial charge in [0.2, 0.25) is 0 Å². The van der Waals surface area contributed by atoms with Gasteiger partial charge in [-0.05, 0) is 32.2 Å². The number of thioether (sulfide) groups is 1. The average Bonchev–Trinajstić information content (AvgIpc) is 2.92. The van der Waals surface area contributed by atoms with Crippen LogP contribution in [0.1, 0.15) is 27.6 Å². The van der Waals surface area contributed by atoms with E-state index in [1.165, 1.54) is 0 Å². The fraction of sp³-hybridized carbons (Fsp3) is 0.333. The smallest absolute Gasteiger partial charge is 0.292 e. The van der Waals surface area contributed by atoms with Gasteiger partial charge in [-0.1, -0.05) is 0 Å². The Labute approximate surface area is 109 Å². The number of aromatic amines is 1. The molecule has 1 amide bonds. The minimum absolute atomic E-state index is 0.281. The summed E-state index contributed by atoms with van der Waals surface area (Å²) in [7, 11) is 0. The van der Waals surface area contributed by atoms with Crippen molar-refractivity contribution >= 4 is 23.5 Å². The summed E-state index contributed by atoms with van der Waals surface area (Å²) in [6, 6.07) is 3.49. The van der Waals surface area contributed by atoms with E-state index in [2.05, 4.69) is 15.5 Å². The van der Waals surface area contributed by atoms with Crippen molar-refractivity contribution in [2.45, 2.75) is 19.6 Å². The third-order valence-electron chi connectivity index (χ3n) is 2.66. The van der Waals surface area contributed by atoms with Gasteiger partial charge in [0.25, 0.3) is 5.91 Å². The summed E-state index contributed by atoms with van der Waals surface area (Å²) >= 11 is 1.65. The molecule has 2 aromatic heterocycles. The number of furan rings is 1. The largest absolute Gasteiger partial charge is 0.455 e. The lowest BCUT2D eigenvalue weighted by Gasteiger charge is -2.00. The van der Waals surface area contributed by atoms with E-state index in [9.17, 15) is 4.79 Å². The molecular formula is C12H15N3O2S. The van der Waals surface area contributed by atoms with Crippen LogP contribution >= 0.6 is 11.8 Å². The highest BCUT2D eigenvalue weighted by Gasteiger charge is 2.14. The zero-order valence-corrected chi connectivity index (χ0v) is 11.4. The minimum atomic E-state index is -0.281. The molecule has 0 fully saturated rings. The number of amides is 1. The zero-order valence-electron chi connectivity index (χ0n) is 10.5. The molecule has 0 aliphatic heterocycles. The van der Waals surface area contributed by atoms with Crippen LogP contribution in [0.25, 0.3) is 0 Å². The second-order valence-electron chi connectivity index (χ2n) is 3.98. The highest BCUT2D eigenvalue weighted by atomic mass is 32.2. The Morgan fingerprint density at radius 2 is 2.28 bits per heavy atom. The molecule has 5 nitrogen and oxygen atoms in total. The summed E-state index contributed by atoms with van der Waals surface area (Å²) in [6.45, 7) is 3.80. The van der Waals surface area contributed by atoms with E-state index in [0.29, 0.717) is 11.6 Å². The number of aryl methyl sites for hydroxylation is 1. The van der Waals surface area contributed by atoms with E-state index in [-0.39, 0.29) is 5.91 Å². The van der Waals surface area contributed by atoms with Gasteiger partial charge in [0.05, 0.1) is 5.75 Å². The van der Waals surface area contributed by atoms with Crippen molar-refractivity contribution < 1.29 is 9.21 Å². The quantitative estimate of drug-likeness (QED) is 0.891. The first-order valence-corrected chi connectivity index (χ1v) is 6.91. The molecule has 0 unspecified atom stereocenters.